The molecule has 1 saturated carbocycles. The smallest absolute Gasteiger partial charge is 0.548 e. The van der Waals surface area contributed by atoms with Crippen LogP contribution in [0.3, 0.4) is 0 Å². The van der Waals surface area contributed by atoms with Crippen LogP contribution in [0, 0.1) is 5.92 Å². The zero-order valence-electron chi connectivity index (χ0n) is 16.3. The molecule has 1 aliphatic heterocycles. The van der Waals surface area contributed by atoms with Gasteiger partial charge in [-0.1, -0.05) is 49.6 Å². The fourth-order valence-corrected chi connectivity index (χ4v) is 3.65. The second-order valence-corrected chi connectivity index (χ2v) is 7.44. The normalized spacial score (nSPS) is 22.4. The Bertz CT molecular complexity index is 679. The van der Waals surface area contributed by atoms with Crippen LogP contribution in [-0.2, 0) is 20.8 Å². The number of carbonyl (C=O) groups excluding carboxylic acids is 3. The molecule has 2 amide bonds. The molecule has 1 aromatic rings. The Morgan fingerprint density at radius 1 is 1.07 bits per heavy atom. The van der Waals surface area contributed by atoms with E-state index in [4.69, 9.17) is 0 Å². The average molecular weight is 395 g/mol. The fraction of sp³-hybridized carbons (Fsp3) is 0.550. The third-order valence-corrected chi connectivity index (χ3v) is 5.33. The third kappa shape index (κ3) is 6.58. The van der Waals surface area contributed by atoms with Crippen LogP contribution in [0.4, 0.5) is 0 Å². The van der Waals surface area contributed by atoms with E-state index in [1.54, 1.807) is 0 Å². The topological polar surface area (TPSA) is 120 Å². The maximum absolute atomic E-state index is 12.7. The van der Waals surface area contributed by atoms with Crippen molar-refractivity contribution in [1.29, 1.82) is 0 Å². The number of nitrogens with one attached hydrogen (secondary N) is 3. The predicted octanol–water partition coefficient (Wildman–Crippen LogP) is -3.50. The summed E-state index contributed by atoms with van der Waals surface area (Å²) in [5, 5.41) is 19.0. The molecule has 3 rings (SSSR count). The van der Waals surface area contributed by atoms with Gasteiger partial charge in [-0.25, -0.2) is 0 Å². The predicted molar refractivity (Wildman–Crippen MR) is 97.4 cm³/mol. The number of hydrogen-bond acceptors (Lipinski definition) is 5. The molecule has 1 aliphatic carbocycles. The maximum Gasteiger partial charge on any atom is 1.00 e. The van der Waals surface area contributed by atoms with E-state index in [0.717, 1.165) is 18.4 Å². The van der Waals surface area contributed by atoms with E-state index < -0.39 is 30.0 Å². The SMILES string of the molecule is O=C(NCC1CCCCC1)[C@H](Cc1ccccc1)NC(=O)[C@H]1N[C@@H]1C(=O)[O-].[Na+]. The first kappa shape index (κ1) is 22.9. The van der Waals surface area contributed by atoms with Crippen molar-refractivity contribution in [2.24, 2.45) is 5.92 Å². The fourth-order valence-electron chi connectivity index (χ4n) is 3.65. The van der Waals surface area contributed by atoms with Crippen molar-refractivity contribution in [2.75, 3.05) is 6.54 Å². The van der Waals surface area contributed by atoms with Crippen molar-refractivity contribution in [3.8, 4) is 0 Å². The molecule has 0 aromatic heterocycles. The molecule has 0 spiro atoms. The third-order valence-electron chi connectivity index (χ3n) is 5.33. The van der Waals surface area contributed by atoms with Crippen molar-refractivity contribution in [2.45, 2.75) is 56.7 Å². The molecule has 0 radical (unpaired) electrons. The monoisotopic (exact) mass is 395 g/mol. The van der Waals surface area contributed by atoms with Gasteiger partial charge in [-0.3, -0.25) is 14.9 Å². The maximum atomic E-state index is 12.7. The van der Waals surface area contributed by atoms with Gasteiger partial charge in [-0.15, -0.1) is 0 Å². The number of aliphatic carboxylic acids is 1. The standard InChI is InChI=1S/C20H27N3O4.Na/c24-18(21-12-14-9-5-2-6-10-14)15(11-13-7-3-1-4-8-13)22-19(25)16-17(23-16)20(26)27;/h1,3-4,7-8,14-17,23H,2,5-6,9-12H2,(H,21,24)(H,22,25)(H,26,27);/q;+1/p-1/t15-,16-,17-;/m0./s1. The summed E-state index contributed by atoms with van der Waals surface area (Å²) >= 11 is 0. The van der Waals surface area contributed by atoms with Crippen LogP contribution in [0.25, 0.3) is 0 Å². The van der Waals surface area contributed by atoms with Gasteiger partial charge in [0.25, 0.3) is 0 Å². The summed E-state index contributed by atoms with van der Waals surface area (Å²) in [7, 11) is 0. The van der Waals surface area contributed by atoms with Crippen LogP contribution >= 0.6 is 0 Å². The van der Waals surface area contributed by atoms with Crippen LogP contribution in [0.2, 0.25) is 0 Å². The molecule has 0 bridgehead atoms. The summed E-state index contributed by atoms with van der Waals surface area (Å²) in [5.41, 5.74) is 0.927. The number of carboxylic acids is 1. The Balaban J connectivity index is 0.00000280. The largest absolute Gasteiger partial charge is 1.00 e. The van der Waals surface area contributed by atoms with E-state index >= 15 is 0 Å². The molecule has 2 aliphatic rings. The minimum absolute atomic E-state index is 0. The van der Waals surface area contributed by atoms with Crippen LogP contribution in [0.15, 0.2) is 30.3 Å². The molecular weight excluding hydrogens is 369 g/mol. The molecule has 28 heavy (non-hydrogen) atoms. The number of carbonyl (C=O) groups is 3. The van der Waals surface area contributed by atoms with Gasteiger partial charge in [0.1, 0.15) is 12.1 Å². The molecule has 1 aromatic carbocycles. The molecule has 3 atom stereocenters. The van der Waals surface area contributed by atoms with Crippen LogP contribution in [-0.4, -0.2) is 42.5 Å². The molecule has 146 valence electrons. The molecule has 1 heterocycles. The number of rotatable bonds is 8. The molecule has 1 saturated heterocycles. The zero-order chi connectivity index (χ0) is 19.2. The molecule has 0 unspecified atom stereocenters. The van der Waals surface area contributed by atoms with Gasteiger partial charge < -0.3 is 20.5 Å². The summed E-state index contributed by atoms with van der Waals surface area (Å²) in [6, 6.07) is 6.88. The van der Waals surface area contributed by atoms with Crippen LogP contribution < -0.4 is 50.6 Å². The number of amides is 2. The Labute approximate surface area is 187 Å². The second-order valence-electron chi connectivity index (χ2n) is 7.44. The Morgan fingerprint density at radius 2 is 1.75 bits per heavy atom. The number of carboxylic acid groups (broad SMARTS) is 1. The summed E-state index contributed by atoms with van der Waals surface area (Å²) < 4.78 is 0. The zero-order valence-corrected chi connectivity index (χ0v) is 18.3. The molecular formula is C20H26N3NaO4. The molecule has 7 nitrogen and oxygen atoms in total. The van der Waals surface area contributed by atoms with Crippen LogP contribution in [0.1, 0.15) is 37.7 Å². The minimum Gasteiger partial charge on any atom is -0.548 e. The van der Waals surface area contributed by atoms with E-state index in [2.05, 4.69) is 16.0 Å². The Morgan fingerprint density at radius 3 is 2.36 bits per heavy atom. The van der Waals surface area contributed by atoms with Gasteiger partial charge >= 0.3 is 29.6 Å². The van der Waals surface area contributed by atoms with Crippen molar-refractivity contribution < 1.29 is 49.0 Å². The average Bonchev–Trinajstić information content (AvgIpc) is 3.48. The second kappa shape index (κ2) is 11.0. The number of benzene rings is 1. The van der Waals surface area contributed by atoms with Gasteiger partial charge in [0, 0.05) is 13.0 Å². The van der Waals surface area contributed by atoms with Crippen molar-refractivity contribution in [3.05, 3.63) is 35.9 Å². The summed E-state index contributed by atoms with van der Waals surface area (Å²) in [6.07, 6.45) is 6.24. The van der Waals surface area contributed by atoms with Gasteiger partial charge in [0.15, 0.2) is 0 Å². The summed E-state index contributed by atoms with van der Waals surface area (Å²) in [5.74, 6) is -1.54. The number of hydrogen-bond donors (Lipinski definition) is 3. The first-order valence-electron chi connectivity index (χ1n) is 9.63. The van der Waals surface area contributed by atoms with Crippen molar-refractivity contribution >= 4 is 17.8 Å². The first-order chi connectivity index (χ1) is 13.0. The molecule has 2 fully saturated rings. The Hall–Kier alpha value is -1.41. The van der Waals surface area contributed by atoms with E-state index in [-0.39, 0.29) is 35.5 Å². The molecule has 3 N–H and O–H groups in total. The van der Waals surface area contributed by atoms with Crippen molar-refractivity contribution in [1.82, 2.24) is 16.0 Å². The van der Waals surface area contributed by atoms with Crippen molar-refractivity contribution in [3.63, 3.8) is 0 Å². The molecule has 8 heteroatoms. The first-order valence-corrected chi connectivity index (χ1v) is 9.63. The minimum atomic E-state index is -1.31. The van der Waals surface area contributed by atoms with E-state index in [1.807, 2.05) is 30.3 Å². The summed E-state index contributed by atoms with van der Waals surface area (Å²) in [6.45, 7) is 0.614. The van der Waals surface area contributed by atoms with E-state index in [1.165, 1.54) is 19.3 Å². The quantitative estimate of drug-likeness (QED) is 0.312. The van der Waals surface area contributed by atoms with Gasteiger partial charge in [-0.2, -0.15) is 0 Å². The van der Waals surface area contributed by atoms with E-state index in [9.17, 15) is 19.5 Å². The van der Waals surface area contributed by atoms with Gasteiger partial charge in [-0.05, 0) is 24.3 Å². The van der Waals surface area contributed by atoms with Crippen LogP contribution in [0.5, 0.6) is 0 Å². The Kier molecular flexibility index (Phi) is 8.95. The summed E-state index contributed by atoms with van der Waals surface area (Å²) in [4.78, 5) is 35.8. The van der Waals surface area contributed by atoms with E-state index in [0.29, 0.717) is 18.9 Å². The van der Waals surface area contributed by atoms with Gasteiger partial charge in [0.2, 0.25) is 11.8 Å². The van der Waals surface area contributed by atoms with Gasteiger partial charge in [0.05, 0.1) is 12.0 Å².